The van der Waals surface area contributed by atoms with Gasteiger partial charge in [0, 0.05) is 5.39 Å². The van der Waals surface area contributed by atoms with Crippen molar-refractivity contribution in [1.29, 1.82) is 0 Å². The lowest BCUT2D eigenvalue weighted by molar-refractivity contribution is 0.482. The minimum atomic E-state index is 0.829. The van der Waals surface area contributed by atoms with Crippen molar-refractivity contribution in [2.24, 2.45) is 0 Å². The van der Waals surface area contributed by atoms with Gasteiger partial charge in [-0.3, -0.25) is 0 Å². The highest BCUT2D eigenvalue weighted by Gasteiger charge is 2.05. The van der Waals surface area contributed by atoms with Crippen molar-refractivity contribution in [3.63, 3.8) is 0 Å². The Balaban J connectivity index is 1.37. The fourth-order valence-electron chi connectivity index (χ4n) is 3.19. The molecule has 0 aliphatic heterocycles. The van der Waals surface area contributed by atoms with Crippen LogP contribution in [0.25, 0.3) is 33.1 Å². The molecule has 2 nitrogen and oxygen atoms in total. The molecule has 0 bridgehead atoms. The van der Waals surface area contributed by atoms with Crippen LogP contribution in [0.2, 0.25) is 0 Å². The summed E-state index contributed by atoms with van der Waals surface area (Å²) >= 11 is 1.71. The lowest BCUT2D eigenvalue weighted by Gasteiger charge is -2.05. The van der Waals surface area contributed by atoms with Gasteiger partial charge in [0.25, 0.3) is 0 Å². The summed E-state index contributed by atoms with van der Waals surface area (Å²) < 4.78 is 7.06. The van der Waals surface area contributed by atoms with Crippen LogP contribution in [0, 0.1) is 0 Å². The van der Waals surface area contributed by atoms with Crippen LogP contribution < -0.4 is 4.74 Å². The zero-order valence-electron chi connectivity index (χ0n) is 15.1. The van der Waals surface area contributed by atoms with Crippen LogP contribution in [0.5, 0.6) is 11.5 Å². The Hall–Kier alpha value is -3.43. The molecule has 0 aliphatic rings. The Morgan fingerprint density at radius 1 is 0.679 bits per heavy atom. The molecule has 0 unspecified atom stereocenters. The van der Waals surface area contributed by atoms with Gasteiger partial charge in [0.05, 0.1) is 10.2 Å². The van der Waals surface area contributed by atoms with Gasteiger partial charge in [0.1, 0.15) is 16.5 Å². The van der Waals surface area contributed by atoms with E-state index in [1.165, 1.54) is 15.5 Å². The average molecular weight is 379 g/mol. The van der Waals surface area contributed by atoms with E-state index < -0.39 is 0 Å². The van der Waals surface area contributed by atoms with Crippen molar-refractivity contribution in [1.82, 2.24) is 4.98 Å². The van der Waals surface area contributed by atoms with Crippen LogP contribution in [-0.2, 0) is 0 Å². The lowest BCUT2D eigenvalue weighted by Crippen LogP contribution is -1.83. The van der Waals surface area contributed by atoms with Gasteiger partial charge in [-0.05, 0) is 47.4 Å². The quantitative estimate of drug-likeness (QED) is 0.324. The van der Waals surface area contributed by atoms with Gasteiger partial charge >= 0.3 is 0 Å². The maximum absolute atomic E-state index is 5.84. The van der Waals surface area contributed by atoms with Crippen LogP contribution >= 0.6 is 11.3 Å². The zero-order chi connectivity index (χ0) is 18.8. The number of hydrogen-bond donors (Lipinski definition) is 0. The van der Waals surface area contributed by atoms with E-state index in [9.17, 15) is 0 Å². The number of para-hydroxylation sites is 1. The van der Waals surface area contributed by atoms with Crippen LogP contribution in [0.3, 0.4) is 0 Å². The molecule has 0 saturated carbocycles. The van der Waals surface area contributed by atoms with Crippen molar-refractivity contribution in [2.75, 3.05) is 0 Å². The zero-order valence-corrected chi connectivity index (χ0v) is 15.9. The normalized spacial score (nSPS) is 11.4. The molecule has 134 valence electrons. The van der Waals surface area contributed by atoms with Crippen molar-refractivity contribution in [2.45, 2.75) is 0 Å². The minimum absolute atomic E-state index is 0.829. The molecular weight excluding hydrogens is 362 g/mol. The Bertz CT molecular complexity index is 1270. The van der Waals surface area contributed by atoms with E-state index in [0.29, 0.717) is 0 Å². The van der Waals surface area contributed by atoms with Crippen LogP contribution in [0.1, 0.15) is 10.6 Å². The summed E-state index contributed by atoms with van der Waals surface area (Å²) in [5.41, 5.74) is 2.19. The second-order valence-electron chi connectivity index (χ2n) is 6.50. The predicted molar refractivity (Wildman–Crippen MR) is 119 cm³/mol. The highest BCUT2D eigenvalue weighted by molar-refractivity contribution is 7.19. The Morgan fingerprint density at radius 2 is 1.43 bits per heavy atom. The van der Waals surface area contributed by atoms with Gasteiger partial charge < -0.3 is 4.74 Å². The number of nitrogens with zero attached hydrogens (tertiary/aromatic N) is 1. The van der Waals surface area contributed by atoms with Gasteiger partial charge in [-0.25, -0.2) is 4.98 Å². The monoisotopic (exact) mass is 379 g/mol. The summed E-state index contributed by atoms with van der Waals surface area (Å²) in [4.78, 5) is 4.84. The van der Waals surface area contributed by atoms with E-state index >= 15 is 0 Å². The van der Waals surface area contributed by atoms with Gasteiger partial charge in [-0.15, -0.1) is 11.3 Å². The number of thiazole rings is 1. The van der Waals surface area contributed by atoms with Crippen molar-refractivity contribution < 1.29 is 4.74 Å². The maximum Gasteiger partial charge on any atom is 0.127 e. The Morgan fingerprint density at radius 3 is 2.29 bits per heavy atom. The first-order chi connectivity index (χ1) is 13.8. The summed E-state index contributed by atoms with van der Waals surface area (Å²) in [6, 6.07) is 30.6. The van der Waals surface area contributed by atoms with E-state index in [0.717, 1.165) is 27.6 Å². The molecule has 0 fully saturated rings. The van der Waals surface area contributed by atoms with E-state index in [4.69, 9.17) is 9.72 Å². The second kappa shape index (κ2) is 7.29. The third-order valence-electron chi connectivity index (χ3n) is 4.58. The molecule has 4 aromatic carbocycles. The lowest BCUT2D eigenvalue weighted by atomic mass is 10.1. The maximum atomic E-state index is 5.84. The molecule has 5 rings (SSSR count). The number of benzene rings is 4. The SMILES string of the molecule is C(=Cc1nc2c(ccc3ccccc32)s1)c1ccc(Oc2ccccc2)cc1. The molecule has 0 saturated heterocycles. The van der Waals surface area contributed by atoms with E-state index in [1.54, 1.807) is 11.3 Å². The van der Waals surface area contributed by atoms with E-state index in [2.05, 4.69) is 60.7 Å². The molecule has 0 radical (unpaired) electrons. The number of rotatable bonds is 4. The molecule has 0 N–H and O–H groups in total. The summed E-state index contributed by atoms with van der Waals surface area (Å²) in [5, 5.41) is 3.44. The second-order valence-corrected chi connectivity index (χ2v) is 7.57. The average Bonchev–Trinajstić information content (AvgIpc) is 3.18. The molecule has 0 atom stereocenters. The first-order valence-electron chi connectivity index (χ1n) is 9.14. The third kappa shape index (κ3) is 3.40. The topological polar surface area (TPSA) is 22.1 Å². The Labute approximate surface area is 167 Å². The molecule has 5 aromatic rings. The number of fused-ring (bicyclic) bond motifs is 3. The molecule has 0 amide bonds. The predicted octanol–water partition coefficient (Wildman–Crippen LogP) is 7.41. The molecular formula is C25H17NOS. The van der Waals surface area contributed by atoms with Crippen molar-refractivity contribution in [3.8, 4) is 11.5 Å². The molecule has 1 heterocycles. The molecule has 0 spiro atoms. The standard InChI is InChI=1S/C25H17NOS/c1-2-7-20(8-3-1)27-21-14-10-18(11-15-21)12-17-24-26-25-22-9-5-4-6-19(22)13-16-23(25)28-24/h1-17H. The van der Waals surface area contributed by atoms with Gasteiger partial charge in [-0.1, -0.05) is 66.7 Å². The highest BCUT2D eigenvalue weighted by Crippen LogP contribution is 2.30. The van der Waals surface area contributed by atoms with Crippen LogP contribution in [-0.4, -0.2) is 4.98 Å². The first-order valence-corrected chi connectivity index (χ1v) is 9.96. The number of aromatic nitrogens is 1. The summed E-state index contributed by atoms with van der Waals surface area (Å²) in [6.07, 6.45) is 4.17. The fraction of sp³-hybridized carbons (Fsp3) is 0. The van der Waals surface area contributed by atoms with Crippen LogP contribution in [0.4, 0.5) is 0 Å². The minimum Gasteiger partial charge on any atom is -0.457 e. The van der Waals surface area contributed by atoms with Crippen LogP contribution in [0.15, 0.2) is 91.0 Å². The molecule has 3 heteroatoms. The number of ether oxygens (including phenoxy) is 1. The summed E-state index contributed by atoms with van der Waals surface area (Å²) in [5.74, 6) is 1.67. The van der Waals surface area contributed by atoms with Gasteiger partial charge in [-0.2, -0.15) is 0 Å². The van der Waals surface area contributed by atoms with Gasteiger partial charge in [0.15, 0.2) is 0 Å². The first kappa shape index (κ1) is 16.7. The number of hydrogen-bond acceptors (Lipinski definition) is 3. The third-order valence-corrected chi connectivity index (χ3v) is 5.56. The van der Waals surface area contributed by atoms with Crippen molar-refractivity contribution >= 4 is 44.5 Å². The van der Waals surface area contributed by atoms with Gasteiger partial charge in [0.2, 0.25) is 0 Å². The van der Waals surface area contributed by atoms with E-state index in [-0.39, 0.29) is 0 Å². The van der Waals surface area contributed by atoms with Crippen molar-refractivity contribution in [3.05, 3.63) is 102 Å². The van der Waals surface area contributed by atoms with E-state index in [1.807, 2.05) is 42.5 Å². The Kier molecular flexibility index (Phi) is 4.36. The smallest absolute Gasteiger partial charge is 0.127 e. The molecule has 0 aliphatic carbocycles. The molecule has 1 aromatic heterocycles. The summed E-state index contributed by atoms with van der Waals surface area (Å²) in [6.45, 7) is 0. The summed E-state index contributed by atoms with van der Waals surface area (Å²) in [7, 11) is 0. The molecule has 28 heavy (non-hydrogen) atoms. The fourth-order valence-corrected chi connectivity index (χ4v) is 4.08. The largest absolute Gasteiger partial charge is 0.457 e. The highest BCUT2D eigenvalue weighted by atomic mass is 32.1.